The largest absolute Gasteiger partial charge is 0.315 e. The molecular weight excluding hydrogens is 320 g/mol. The number of hydrogen-bond acceptors (Lipinski definition) is 4. The van der Waals surface area contributed by atoms with Crippen LogP contribution in [0, 0.1) is 11.8 Å². The van der Waals surface area contributed by atoms with E-state index in [2.05, 4.69) is 69.0 Å². The maximum absolute atomic E-state index is 3.66. The minimum atomic E-state index is 0.606. The molecule has 1 fully saturated rings. The van der Waals surface area contributed by atoms with E-state index < -0.39 is 0 Å². The summed E-state index contributed by atoms with van der Waals surface area (Å²) in [5.74, 6) is 1.21. The molecule has 0 aromatic carbocycles. The van der Waals surface area contributed by atoms with E-state index in [1.165, 1.54) is 25.9 Å². The summed E-state index contributed by atoms with van der Waals surface area (Å²) in [6.45, 7) is 11.4. The molecule has 0 amide bonds. The predicted molar refractivity (Wildman–Crippen MR) is 111 cm³/mol. The first-order valence-electron chi connectivity index (χ1n) is 10.5. The number of rotatable bonds is 4. The summed E-state index contributed by atoms with van der Waals surface area (Å²) < 4.78 is 0. The van der Waals surface area contributed by atoms with Crippen LogP contribution in [0.4, 0.5) is 0 Å². The Kier molecular flexibility index (Phi) is 8.65. The minimum Gasteiger partial charge on any atom is -0.315 e. The molecule has 0 radical (unpaired) electrons. The molecule has 0 bridgehead atoms. The highest BCUT2D eigenvalue weighted by Crippen LogP contribution is 2.12. The van der Waals surface area contributed by atoms with Gasteiger partial charge in [-0.15, -0.1) is 0 Å². The summed E-state index contributed by atoms with van der Waals surface area (Å²) in [5, 5.41) is 7.32. The Labute approximate surface area is 159 Å². The lowest BCUT2D eigenvalue weighted by Crippen LogP contribution is -2.40. The molecule has 1 saturated heterocycles. The van der Waals surface area contributed by atoms with Gasteiger partial charge < -0.3 is 20.4 Å². The van der Waals surface area contributed by atoms with E-state index in [1.54, 1.807) is 0 Å². The SMILES string of the molecule is C1=CC(CN2CCCNCCN(CC3C=CC=C3)CCCNCC2)C=C1. The number of nitrogens with one attached hydrogen (secondary N) is 2. The third-order valence-electron chi connectivity index (χ3n) is 5.46. The molecule has 26 heavy (non-hydrogen) atoms. The summed E-state index contributed by atoms with van der Waals surface area (Å²) in [6.07, 6.45) is 20.5. The van der Waals surface area contributed by atoms with Gasteiger partial charge in [-0.25, -0.2) is 0 Å². The van der Waals surface area contributed by atoms with E-state index in [1.807, 2.05) is 0 Å². The monoisotopic (exact) mass is 356 g/mol. The molecule has 144 valence electrons. The Balaban J connectivity index is 1.41. The zero-order valence-electron chi connectivity index (χ0n) is 16.2. The average Bonchev–Trinajstić information content (AvgIpc) is 3.33. The first-order chi connectivity index (χ1) is 12.9. The van der Waals surface area contributed by atoms with Crippen molar-refractivity contribution in [1.29, 1.82) is 0 Å². The lowest BCUT2D eigenvalue weighted by atomic mass is 10.1. The van der Waals surface area contributed by atoms with Gasteiger partial charge in [-0.05, 0) is 39.0 Å². The van der Waals surface area contributed by atoms with Gasteiger partial charge in [0.1, 0.15) is 0 Å². The van der Waals surface area contributed by atoms with Crippen LogP contribution in [0.1, 0.15) is 12.8 Å². The van der Waals surface area contributed by atoms with E-state index in [0.29, 0.717) is 11.8 Å². The van der Waals surface area contributed by atoms with Crippen LogP contribution >= 0.6 is 0 Å². The lowest BCUT2D eigenvalue weighted by Gasteiger charge is -2.27. The van der Waals surface area contributed by atoms with Gasteiger partial charge in [0.25, 0.3) is 0 Å². The van der Waals surface area contributed by atoms with Crippen molar-refractivity contribution >= 4 is 0 Å². The van der Waals surface area contributed by atoms with Gasteiger partial charge in [0.2, 0.25) is 0 Å². The van der Waals surface area contributed by atoms with E-state index in [0.717, 1.165) is 52.4 Å². The maximum Gasteiger partial charge on any atom is 0.0107 e. The van der Waals surface area contributed by atoms with Crippen molar-refractivity contribution in [3.8, 4) is 0 Å². The van der Waals surface area contributed by atoms with E-state index in [9.17, 15) is 0 Å². The van der Waals surface area contributed by atoms with E-state index in [-0.39, 0.29) is 0 Å². The van der Waals surface area contributed by atoms with Crippen molar-refractivity contribution in [2.24, 2.45) is 11.8 Å². The van der Waals surface area contributed by atoms with Gasteiger partial charge in [0.15, 0.2) is 0 Å². The molecule has 0 saturated carbocycles. The van der Waals surface area contributed by atoms with Crippen LogP contribution in [0.2, 0.25) is 0 Å². The molecule has 0 unspecified atom stereocenters. The fourth-order valence-corrected chi connectivity index (χ4v) is 3.96. The summed E-state index contributed by atoms with van der Waals surface area (Å²) in [7, 11) is 0. The van der Waals surface area contributed by atoms with Crippen LogP contribution in [0.25, 0.3) is 0 Å². The topological polar surface area (TPSA) is 30.5 Å². The second-order valence-electron chi connectivity index (χ2n) is 7.68. The fourth-order valence-electron chi connectivity index (χ4n) is 3.96. The van der Waals surface area contributed by atoms with E-state index >= 15 is 0 Å². The van der Waals surface area contributed by atoms with Crippen LogP contribution in [-0.4, -0.2) is 75.2 Å². The molecule has 2 aliphatic carbocycles. The maximum atomic E-state index is 3.66. The molecular formula is C22H36N4. The molecule has 3 aliphatic rings. The molecule has 0 aromatic heterocycles. The second kappa shape index (κ2) is 11.5. The molecule has 0 atom stereocenters. The Morgan fingerprint density at radius 2 is 1.00 bits per heavy atom. The fraction of sp³-hybridized carbons (Fsp3) is 0.636. The van der Waals surface area contributed by atoms with E-state index in [4.69, 9.17) is 0 Å². The van der Waals surface area contributed by atoms with Gasteiger partial charge in [-0.1, -0.05) is 48.6 Å². The highest BCUT2D eigenvalue weighted by atomic mass is 15.2. The highest BCUT2D eigenvalue weighted by Gasteiger charge is 2.13. The van der Waals surface area contributed by atoms with Crippen LogP contribution < -0.4 is 10.6 Å². The first-order valence-corrected chi connectivity index (χ1v) is 10.5. The molecule has 0 spiro atoms. The van der Waals surface area contributed by atoms with Crippen molar-refractivity contribution in [2.75, 3.05) is 65.4 Å². The van der Waals surface area contributed by atoms with Crippen LogP contribution in [0.15, 0.2) is 48.6 Å². The molecule has 1 aliphatic heterocycles. The van der Waals surface area contributed by atoms with Crippen molar-refractivity contribution in [1.82, 2.24) is 20.4 Å². The third kappa shape index (κ3) is 7.20. The first kappa shape index (κ1) is 19.6. The van der Waals surface area contributed by atoms with Crippen LogP contribution in [0.3, 0.4) is 0 Å². The van der Waals surface area contributed by atoms with Crippen molar-refractivity contribution < 1.29 is 0 Å². The Morgan fingerprint density at radius 3 is 1.42 bits per heavy atom. The van der Waals surface area contributed by atoms with Gasteiger partial charge >= 0.3 is 0 Å². The Hall–Kier alpha value is -1.20. The minimum absolute atomic E-state index is 0.606. The van der Waals surface area contributed by atoms with Crippen LogP contribution in [0.5, 0.6) is 0 Å². The van der Waals surface area contributed by atoms with Crippen molar-refractivity contribution in [2.45, 2.75) is 12.8 Å². The number of hydrogen-bond donors (Lipinski definition) is 2. The molecule has 1 heterocycles. The smallest absolute Gasteiger partial charge is 0.0107 e. The standard InChI is InChI=1S/C22H36N4/c1-2-8-21(7-1)19-25-15-5-11-24-14-18-26(16-6-12-23-13-17-25)20-22-9-3-4-10-22/h1-4,7-10,21-24H,5-6,11-20H2. The quantitative estimate of drug-likeness (QED) is 0.807. The summed E-state index contributed by atoms with van der Waals surface area (Å²) in [5.41, 5.74) is 0. The molecule has 3 rings (SSSR count). The molecule has 4 nitrogen and oxygen atoms in total. The van der Waals surface area contributed by atoms with Crippen LogP contribution in [-0.2, 0) is 0 Å². The lowest BCUT2D eigenvalue weighted by molar-refractivity contribution is 0.239. The number of nitrogens with zero attached hydrogens (tertiary/aromatic N) is 2. The third-order valence-corrected chi connectivity index (χ3v) is 5.46. The summed E-state index contributed by atoms with van der Waals surface area (Å²) in [4.78, 5) is 5.24. The van der Waals surface area contributed by atoms with Gasteiger partial charge in [-0.2, -0.15) is 0 Å². The van der Waals surface area contributed by atoms with Gasteiger partial charge in [0, 0.05) is 51.1 Å². The normalized spacial score (nSPS) is 25.2. The second-order valence-corrected chi connectivity index (χ2v) is 7.68. The van der Waals surface area contributed by atoms with Gasteiger partial charge in [-0.3, -0.25) is 0 Å². The van der Waals surface area contributed by atoms with Crippen molar-refractivity contribution in [3.63, 3.8) is 0 Å². The summed E-state index contributed by atoms with van der Waals surface area (Å²) in [6, 6.07) is 0. The average molecular weight is 357 g/mol. The Morgan fingerprint density at radius 1 is 0.577 bits per heavy atom. The molecule has 0 aromatic rings. The predicted octanol–water partition coefficient (Wildman–Crippen LogP) is 2.05. The van der Waals surface area contributed by atoms with Crippen molar-refractivity contribution in [3.05, 3.63) is 48.6 Å². The van der Waals surface area contributed by atoms with Gasteiger partial charge in [0.05, 0.1) is 0 Å². The number of allylic oxidation sites excluding steroid dienone is 4. The summed E-state index contributed by atoms with van der Waals surface area (Å²) >= 11 is 0. The zero-order chi connectivity index (χ0) is 17.9. The zero-order valence-corrected chi connectivity index (χ0v) is 16.2. The Bertz CT molecular complexity index is 422. The highest BCUT2D eigenvalue weighted by molar-refractivity contribution is 5.18. The molecule has 4 heteroatoms. The molecule has 2 N–H and O–H groups in total.